The van der Waals surface area contributed by atoms with Crippen molar-refractivity contribution in [3.8, 4) is 16.9 Å². The zero-order valence-corrected chi connectivity index (χ0v) is 21.3. The van der Waals surface area contributed by atoms with Crippen molar-refractivity contribution >= 4 is 21.8 Å². The van der Waals surface area contributed by atoms with Crippen molar-refractivity contribution in [2.45, 2.75) is 24.7 Å². The van der Waals surface area contributed by atoms with E-state index in [2.05, 4.69) is 21.2 Å². The molecule has 0 aromatic heterocycles. The Morgan fingerprint density at radius 2 is 1.94 bits per heavy atom. The normalized spacial score (nSPS) is 15.5. The van der Waals surface area contributed by atoms with Crippen molar-refractivity contribution in [2.75, 3.05) is 26.7 Å². The topological polar surface area (TPSA) is 120 Å². The van der Waals surface area contributed by atoms with Crippen molar-refractivity contribution < 1.29 is 23.2 Å². The molecule has 0 unspecified atom stereocenters. The highest BCUT2D eigenvalue weighted by atomic mass is 32.2. The lowest BCUT2D eigenvalue weighted by molar-refractivity contribution is -0.124. The molecule has 0 aliphatic carbocycles. The van der Waals surface area contributed by atoms with Crippen molar-refractivity contribution in [2.24, 2.45) is 10.9 Å². The average molecular weight is 513 g/mol. The first-order valence-electron chi connectivity index (χ1n) is 11.6. The number of ether oxygens (including phenoxy) is 1. The lowest BCUT2D eigenvalue weighted by Gasteiger charge is -2.33. The number of likely N-dealkylation sites (tertiary alicyclic amines) is 1. The highest BCUT2D eigenvalue weighted by Gasteiger charge is 2.24. The molecular weight excluding hydrogens is 480 g/mol. The van der Waals surface area contributed by atoms with Crippen LogP contribution in [0.1, 0.15) is 19.8 Å². The summed E-state index contributed by atoms with van der Waals surface area (Å²) in [5.41, 5.74) is 3.09. The standard InChI is InChI=1S/C26H32N4O5S/c1-4-21(26(31)29-32)18-27-19(2)30-14-12-20(13-15-30)17-28-36(33,34)25-11-6-5-10-24(25)22-8-7-9-23(16-22)35-3/h4-11,16,18,20,28,32H,1,12-15,17H2,2-3H3,(H,29,31)/b21-18+,27-19?. The fourth-order valence-corrected chi connectivity index (χ4v) is 5.35. The molecule has 1 heterocycles. The Balaban J connectivity index is 1.63. The number of methoxy groups -OCH3 is 1. The number of amides is 1. The number of rotatable bonds is 9. The first kappa shape index (κ1) is 27.1. The van der Waals surface area contributed by atoms with Gasteiger partial charge in [0.1, 0.15) is 11.6 Å². The highest BCUT2D eigenvalue weighted by Crippen LogP contribution is 2.30. The number of carbonyl (C=O) groups is 1. The van der Waals surface area contributed by atoms with Gasteiger partial charge in [-0.1, -0.05) is 43.0 Å². The molecule has 192 valence electrons. The molecule has 1 aliphatic heterocycles. The molecule has 1 fully saturated rings. The first-order valence-corrected chi connectivity index (χ1v) is 13.1. The van der Waals surface area contributed by atoms with Gasteiger partial charge in [-0.25, -0.2) is 23.6 Å². The summed E-state index contributed by atoms with van der Waals surface area (Å²) in [4.78, 5) is 18.1. The van der Waals surface area contributed by atoms with Crippen LogP contribution in [0.4, 0.5) is 0 Å². The van der Waals surface area contributed by atoms with Crippen LogP contribution in [0.2, 0.25) is 0 Å². The maximum Gasteiger partial charge on any atom is 0.276 e. The van der Waals surface area contributed by atoms with Crippen molar-refractivity contribution in [3.05, 3.63) is 73.0 Å². The Morgan fingerprint density at radius 3 is 2.61 bits per heavy atom. The molecule has 2 aromatic carbocycles. The van der Waals surface area contributed by atoms with Gasteiger partial charge in [-0.05, 0) is 49.4 Å². The summed E-state index contributed by atoms with van der Waals surface area (Å²) < 4.78 is 34.5. The smallest absolute Gasteiger partial charge is 0.276 e. The summed E-state index contributed by atoms with van der Waals surface area (Å²) in [7, 11) is -2.15. The van der Waals surface area contributed by atoms with E-state index in [1.807, 2.05) is 37.3 Å². The van der Waals surface area contributed by atoms with Crippen molar-refractivity contribution in [1.29, 1.82) is 0 Å². The Morgan fingerprint density at radius 1 is 1.22 bits per heavy atom. The van der Waals surface area contributed by atoms with Crippen LogP contribution < -0.4 is 14.9 Å². The Kier molecular flexibility index (Phi) is 9.40. The molecule has 1 amide bonds. The van der Waals surface area contributed by atoms with Crippen LogP contribution in [0.3, 0.4) is 0 Å². The van der Waals surface area contributed by atoms with Crippen LogP contribution in [-0.2, 0) is 14.8 Å². The molecular formula is C26H32N4O5S. The molecule has 1 saturated heterocycles. The van der Waals surface area contributed by atoms with Crippen LogP contribution in [0.15, 0.2) is 82.8 Å². The van der Waals surface area contributed by atoms with E-state index in [1.54, 1.807) is 30.8 Å². The third-order valence-electron chi connectivity index (χ3n) is 6.17. The molecule has 9 nitrogen and oxygen atoms in total. The van der Waals surface area contributed by atoms with E-state index >= 15 is 0 Å². The van der Waals surface area contributed by atoms with Gasteiger partial charge < -0.3 is 9.64 Å². The number of aliphatic imine (C=N–C) groups is 1. The molecule has 3 N–H and O–H groups in total. The Hall–Kier alpha value is -3.47. The summed E-state index contributed by atoms with van der Waals surface area (Å²) in [5.74, 6) is 0.894. The third kappa shape index (κ3) is 6.81. The van der Waals surface area contributed by atoms with E-state index in [1.165, 1.54) is 12.3 Å². The second-order valence-electron chi connectivity index (χ2n) is 8.42. The van der Waals surface area contributed by atoms with Gasteiger partial charge in [0.05, 0.1) is 17.6 Å². The Labute approximate surface area is 212 Å². The lowest BCUT2D eigenvalue weighted by Crippen LogP contribution is -2.40. The van der Waals surface area contributed by atoms with E-state index < -0.39 is 15.9 Å². The molecule has 0 saturated carbocycles. The van der Waals surface area contributed by atoms with Gasteiger partial charge in [0.15, 0.2) is 0 Å². The fourth-order valence-electron chi connectivity index (χ4n) is 4.01. The van der Waals surface area contributed by atoms with Gasteiger partial charge in [-0.15, -0.1) is 0 Å². The van der Waals surface area contributed by atoms with Crippen LogP contribution in [0, 0.1) is 5.92 Å². The van der Waals surface area contributed by atoms with E-state index in [0.29, 0.717) is 30.9 Å². The van der Waals surface area contributed by atoms with Crippen LogP contribution in [0.25, 0.3) is 11.1 Å². The molecule has 2 aromatic rings. The second kappa shape index (κ2) is 12.5. The predicted octanol–water partition coefficient (Wildman–Crippen LogP) is 3.35. The zero-order valence-electron chi connectivity index (χ0n) is 20.5. The number of carbonyl (C=O) groups excluding carboxylic acids is 1. The number of amidine groups is 1. The number of sulfonamides is 1. The van der Waals surface area contributed by atoms with E-state index in [4.69, 9.17) is 9.94 Å². The summed E-state index contributed by atoms with van der Waals surface area (Å²) in [6, 6.07) is 14.3. The van der Waals surface area contributed by atoms with Gasteiger partial charge in [0.2, 0.25) is 10.0 Å². The van der Waals surface area contributed by atoms with Crippen molar-refractivity contribution in [1.82, 2.24) is 15.1 Å². The molecule has 3 rings (SSSR count). The number of benzene rings is 2. The molecule has 0 spiro atoms. The monoisotopic (exact) mass is 512 g/mol. The summed E-state index contributed by atoms with van der Waals surface area (Å²) in [5, 5.41) is 8.75. The maximum atomic E-state index is 13.2. The number of nitrogens with zero attached hydrogens (tertiary/aromatic N) is 2. The lowest BCUT2D eigenvalue weighted by atomic mass is 9.97. The third-order valence-corrected chi connectivity index (χ3v) is 7.65. The van der Waals surface area contributed by atoms with Gasteiger partial charge in [-0.2, -0.15) is 0 Å². The summed E-state index contributed by atoms with van der Waals surface area (Å²) in [6.45, 7) is 7.15. The van der Waals surface area contributed by atoms with Gasteiger partial charge >= 0.3 is 0 Å². The first-order chi connectivity index (χ1) is 17.3. The van der Waals surface area contributed by atoms with E-state index in [0.717, 1.165) is 24.2 Å². The van der Waals surface area contributed by atoms with E-state index in [-0.39, 0.29) is 16.4 Å². The minimum absolute atomic E-state index is 0.148. The van der Waals surface area contributed by atoms with E-state index in [9.17, 15) is 13.2 Å². The van der Waals surface area contributed by atoms with Crippen LogP contribution in [0.5, 0.6) is 5.75 Å². The maximum absolute atomic E-state index is 13.2. The highest BCUT2D eigenvalue weighted by molar-refractivity contribution is 7.89. The second-order valence-corrected chi connectivity index (χ2v) is 10.2. The number of hydroxylamine groups is 1. The van der Waals surface area contributed by atoms with Crippen LogP contribution >= 0.6 is 0 Å². The molecule has 36 heavy (non-hydrogen) atoms. The van der Waals surface area contributed by atoms with Crippen LogP contribution in [-0.4, -0.2) is 57.0 Å². The molecule has 0 bridgehead atoms. The molecule has 0 radical (unpaired) electrons. The minimum atomic E-state index is -3.72. The quantitative estimate of drug-likeness (QED) is 0.118. The summed E-state index contributed by atoms with van der Waals surface area (Å²) in [6.07, 6.45) is 4.26. The molecule has 0 atom stereocenters. The van der Waals surface area contributed by atoms with Crippen molar-refractivity contribution in [3.63, 3.8) is 0 Å². The zero-order chi connectivity index (χ0) is 26.1. The largest absolute Gasteiger partial charge is 0.497 e. The minimum Gasteiger partial charge on any atom is -0.497 e. The number of piperidine rings is 1. The molecule has 10 heteroatoms. The summed E-state index contributed by atoms with van der Waals surface area (Å²) >= 11 is 0. The predicted molar refractivity (Wildman–Crippen MR) is 139 cm³/mol. The van der Waals surface area contributed by atoms with Gasteiger partial charge in [0.25, 0.3) is 5.91 Å². The Bertz CT molecular complexity index is 1250. The SMILES string of the molecule is C=C/C(=C\N=C(C)N1CCC(CNS(=O)(=O)c2ccccc2-c2cccc(OC)c2)CC1)C(=O)NO. The van der Waals surface area contributed by atoms with Gasteiger partial charge in [-0.3, -0.25) is 10.0 Å². The molecule has 1 aliphatic rings. The fraction of sp³-hybridized carbons (Fsp3) is 0.308. The number of hydrogen-bond acceptors (Lipinski definition) is 6. The number of hydrogen-bond donors (Lipinski definition) is 3. The number of nitrogens with one attached hydrogen (secondary N) is 2. The van der Waals surface area contributed by atoms with Gasteiger partial charge in [0, 0.05) is 31.4 Å². The average Bonchev–Trinajstić information content (AvgIpc) is 2.92.